The summed E-state index contributed by atoms with van der Waals surface area (Å²) in [6.45, 7) is 1.76. The van der Waals surface area contributed by atoms with Crippen LogP contribution in [0.15, 0.2) is 53.0 Å². The lowest BCUT2D eigenvalue weighted by Crippen LogP contribution is -2.31. The van der Waals surface area contributed by atoms with Gasteiger partial charge in [0.15, 0.2) is 0 Å². The molecule has 0 aliphatic carbocycles. The van der Waals surface area contributed by atoms with Gasteiger partial charge in [0.05, 0.1) is 0 Å². The summed E-state index contributed by atoms with van der Waals surface area (Å²) in [5, 5.41) is 5.82. The highest BCUT2D eigenvalue weighted by Gasteiger charge is 2.12. The Morgan fingerprint density at radius 1 is 1.05 bits per heavy atom. The first-order valence-corrected chi connectivity index (χ1v) is 6.92. The van der Waals surface area contributed by atoms with Crippen LogP contribution in [0.2, 0.25) is 0 Å². The predicted octanol–water partition coefficient (Wildman–Crippen LogP) is 4.03. The first kappa shape index (κ1) is 14.5. The largest absolute Gasteiger partial charge is 0.374 e. The van der Waals surface area contributed by atoms with Crippen LogP contribution >= 0.6 is 15.9 Å². The van der Waals surface area contributed by atoms with E-state index < -0.39 is 6.04 Å². The molecule has 0 fully saturated rings. The number of anilines is 2. The zero-order valence-corrected chi connectivity index (χ0v) is 12.4. The minimum Gasteiger partial charge on any atom is -0.374 e. The van der Waals surface area contributed by atoms with E-state index in [0.717, 1.165) is 10.2 Å². The van der Waals surface area contributed by atoms with Gasteiger partial charge in [-0.05, 0) is 55.5 Å². The number of halogens is 2. The average molecular weight is 337 g/mol. The highest BCUT2D eigenvalue weighted by Crippen LogP contribution is 2.15. The van der Waals surface area contributed by atoms with Gasteiger partial charge < -0.3 is 10.6 Å². The van der Waals surface area contributed by atoms with E-state index in [9.17, 15) is 9.18 Å². The molecule has 5 heteroatoms. The molecule has 2 rings (SSSR count). The minimum absolute atomic E-state index is 0.181. The Morgan fingerprint density at radius 2 is 1.60 bits per heavy atom. The fourth-order valence-corrected chi connectivity index (χ4v) is 1.91. The molecule has 1 amide bonds. The van der Waals surface area contributed by atoms with E-state index in [2.05, 4.69) is 26.6 Å². The van der Waals surface area contributed by atoms with E-state index in [4.69, 9.17) is 0 Å². The SMILES string of the molecule is C[C@H](Nc1ccc(Br)cc1)C(=O)Nc1ccc(F)cc1. The summed E-state index contributed by atoms with van der Waals surface area (Å²) in [6, 6.07) is 12.8. The van der Waals surface area contributed by atoms with Crippen molar-refractivity contribution < 1.29 is 9.18 Å². The van der Waals surface area contributed by atoms with Gasteiger partial charge in [0, 0.05) is 15.8 Å². The monoisotopic (exact) mass is 336 g/mol. The van der Waals surface area contributed by atoms with Gasteiger partial charge in [0.25, 0.3) is 0 Å². The first-order valence-electron chi connectivity index (χ1n) is 6.13. The van der Waals surface area contributed by atoms with Crippen LogP contribution in [-0.4, -0.2) is 11.9 Å². The molecule has 2 aromatic rings. The van der Waals surface area contributed by atoms with Gasteiger partial charge in [-0.1, -0.05) is 15.9 Å². The summed E-state index contributed by atoms with van der Waals surface area (Å²) in [5.74, 6) is -0.511. The van der Waals surface area contributed by atoms with E-state index >= 15 is 0 Å². The van der Waals surface area contributed by atoms with Crippen molar-refractivity contribution in [3.05, 3.63) is 58.8 Å². The Hall–Kier alpha value is -1.88. The Kier molecular flexibility index (Phi) is 4.74. The van der Waals surface area contributed by atoms with Gasteiger partial charge in [0.1, 0.15) is 11.9 Å². The van der Waals surface area contributed by atoms with Crippen LogP contribution in [0.1, 0.15) is 6.92 Å². The van der Waals surface area contributed by atoms with Crippen molar-refractivity contribution in [2.45, 2.75) is 13.0 Å². The molecule has 0 radical (unpaired) electrons. The second-order valence-corrected chi connectivity index (χ2v) is 5.28. The van der Waals surface area contributed by atoms with Crippen LogP contribution in [0.25, 0.3) is 0 Å². The van der Waals surface area contributed by atoms with E-state index in [1.165, 1.54) is 24.3 Å². The van der Waals surface area contributed by atoms with Gasteiger partial charge in [-0.3, -0.25) is 4.79 Å². The molecule has 2 N–H and O–H groups in total. The van der Waals surface area contributed by atoms with Crippen LogP contribution in [0, 0.1) is 5.82 Å². The average Bonchev–Trinajstić information content (AvgIpc) is 2.44. The third-order valence-electron chi connectivity index (χ3n) is 2.73. The van der Waals surface area contributed by atoms with E-state index in [1.54, 1.807) is 6.92 Å². The fraction of sp³-hybridized carbons (Fsp3) is 0.133. The van der Waals surface area contributed by atoms with Crippen LogP contribution in [0.5, 0.6) is 0 Å². The molecule has 2 aromatic carbocycles. The summed E-state index contributed by atoms with van der Waals surface area (Å²) in [7, 11) is 0. The predicted molar refractivity (Wildman–Crippen MR) is 82.3 cm³/mol. The summed E-state index contributed by atoms with van der Waals surface area (Å²) in [6.07, 6.45) is 0. The lowest BCUT2D eigenvalue weighted by molar-refractivity contribution is -0.116. The zero-order valence-electron chi connectivity index (χ0n) is 10.9. The molecule has 20 heavy (non-hydrogen) atoms. The normalized spacial score (nSPS) is 11.8. The molecular weight excluding hydrogens is 323 g/mol. The molecule has 104 valence electrons. The van der Waals surface area contributed by atoms with Crippen molar-refractivity contribution in [1.82, 2.24) is 0 Å². The minimum atomic E-state index is -0.402. The number of amides is 1. The standard InChI is InChI=1S/C15H14BrFN2O/c1-10(18-13-6-2-11(16)3-7-13)15(20)19-14-8-4-12(17)5-9-14/h2-10,18H,1H3,(H,19,20)/t10-/m0/s1. The van der Waals surface area contributed by atoms with Crippen LogP contribution in [-0.2, 0) is 4.79 Å². The van der Waals surface area contributed by atoms with E-state index in [0.29, 0.717) is 5.69 Å². The quantitative estimate of drug-likeness (QED) is 0.885. The number of carbonyl (C=O) groups is 1. The molecule has 0 aliphatic rings. The van der Waals surface area contributed by atoms with Crippen molar-refractivity contribution in [1.29, 1.82) is 0 Å². The third-order valence-corrected chi connectivity index (χ3v) is 3.26. The second-order valence-electron chi connectivity index (χ2n) is 4.37. The van der Waals surface area contributed by atoms with Crippen LogP contribution in [0.4, 0.5) is 15.8 Å². The van der Waals surface area contributed by atoms with E-state index in [1.807, 2.05) is 24.3 Å². The van der Waals surface area contributed by atoms with Crippen molar-refractivity contribution in [3.63, 3.8) is 0 Å². The highest BCUT2D eigenvalue weighted by molar-refractivity contribution is 9.10. The summed E-state index contributed by atoms with van der Waals surface area (Å²) >= 11 is 3.35. The molecule has 0 saturated heterocycles. The van der Waals surface area contributed by atoms with Gasteiger partial charge in [-0.25, -0.2) is 4.39 Å². The molecule has 0 spiro atoms. The maximum atomic E-state index is 12.8. The third kappa shape index (κ3) is 4.06. The Balaban J connectivity index is 1.94. The molecule has 0 aliphatic heterocycles. The van der Waals surface area contributed by atoms with E-state index in [-0.39, 0.29) is 11.7 Å². The smallest absolute Gasteiger partial charge is 0.246 e. The van der Waals surface area contributed by atoms with Gasteiger partial charge in [0.2, 0.25) is 5.91 Å². The van der Waals surface area contributed by atoms with Crippen LogP contribution in [0.3, 0.4) is 0 Å². The Morgan fingerprint density at radius 3 is 2.20 bits per heavy atom. The summed E-state index contributed by atoms with van der Waals surface area (Å²) in [4.78, 5) is 12.0. The summed E-state index contributed by atoms with van der Waals surface area (Å²) in [5.41, 5.74) is 1.43. The fourth-order valence-electron chi connectivity index (χ4n) is 1.65. The molecule has 1 atom stereocenters. The maximum absolute atomic E-state index is 12.8. The number of hydrogen-bond acceptors (Lipinski definition) is 2. The molecule has 0 saturated carbocycles. The maximum Gasteiger partial charge on any atom is 0.246 e. The number of carbonyl (C=O) groups excluding carboxylic acids is 1. The molecular formula is C15H14BrFN2O. The molecule has 3 nitrogen and oxygen atoms in total. The van der Waals surface area contributed by atoms with Crippen molar-refractivity contribution >= 4 is 33.2 Å². The lowest BCUT2D eigenvalue weighted by atomic mass is 10.2. The molecule has 0 unspecified atom stereocenters. The number of nitrogens with one attached hydrogen (secondary N) is 2. The Labute approximate surface area is 125 Å². The number of rotatable bonds is 4. The Bertz CT molecular complexity index is 584. The van der Waals surface area contributed by atoms with Crippen molar-refractivity contribution in [2.24, 2.45) is 0 Å². The van der Waals surface area contributed by atoms with Crippen molar-refractivity contribution in [3.8, 4) is 0 Å². The zero-order chi connectivity index (χ0) is 14.5. The van der Waals surface area contributed by atoms with Gasteiger partial charge in [-0.15, -0.1) is 0 Å². The molecule has 0 bridgehead atoms. The number of hydrogen-bond donors (Lipinski definition) is 2. The summed E-state index contributed by atoms with van der Waals surface area (Å²) < 4.78 is 13.8. The lowest BCUT2D eigenvalue weighted by Gasteiger charge is -2.15. The second kappa shape index (κ2) is 6.52. The molecule has 0 aromatic heterocycles. The first-order chi connectivity index (χ1) is 9.54. The van der Waals surface area contributed by atoms with Gasteiger partial charge in [-0.2, -0.15) is 0 Å². The van der Waals surface area contributed by atoms with Gasteiger partial charge >= 0.3 is 0 Å². The van der Waals surface area contributed by atoms with Crippen molar-refractivity contribution in [2.75, 3.05) is 10.6 Å². The van der Waals surface area contributed by atoms with Crippen LogP contribution < -0.4 is 10.6 Å². The number of benzene rings is 2. The highest BCUT2D eigenvalue weighted by atomic mass is 79.9. The molecule has 0 heterocycles. The topological polar surface area (TPSA) is 41.1 Å².